The van der Waals surface area contributed by atoms with Gasteiger partial charge in [-0.3, -0.25) is 0 Å². The van der Waals surface area contributed by atoms with E-state index in [0.717, 1.165) is 18.9 Å². The van der Waals surface area contributed by atoms with Gasteiger partial charge in [0.05, 0.1) is 12.1 Å². The van der Waals surface area contributed by atoms with Gasteiger partial charge in [-0.25, -0.2) is 0 Å². The van der Waals surface area contributed by atoms with Crippen LogP contribution in [0, 0.1) is 22.7 Å². The third-order valence-corrected chi connectivity index (χ3v) is 3.60. The molecule has 0 amide bonds. The average Bonchev–Trinajstić information content (AvgIpc) is 3.01. The summed E-state index contributed by atoms with van der Waals surface area (Å²) in [6.45, 7) is 3.15. The summed E-state index contributed by atoms with van der Waals surface area (Å²) >= 11 is 0. The van der Waals surface area contributed by atoms with Gasteiger partial charge in [-0.2, -0.15) is 5.26 Å². The second kappa shape index (κ2) is 3.31. The molecular formula is C11H18N2. The van der Waals surface area contributed by atoms with E-state index in [4.69, 9.17) is 5.26 Å². The van der Waals surface area contributed by atoms with E-state index in [1.807, 2.05) is 0 Å². The Labute approximate surface area is 80.3 Å². The van der Waals surface area contributed by atoms with Crippen LogP contribution in [0.15, 0.2) is 0 Å². The molecule has 1 unspecified atom stereocenters. The number of hydrogen-bond donors (Lipinski definition) is 1. The summed E-state index contributed by atoms with van der Waals surface area (Å²) in [5, 5.41) is 12.2. The minimum atomic E-state index is 0.0798. The Hall–Kier alpha value is -0.550. The maximum atomic E-state index is 8.78. The molecule has 1 N–H and O–H groups in total. The van der Waals surface area contributed by atoms with Gasteiger partial charge in [0.25, 0.3) is 0 Å². The molecule has 0 saturated heterocycles. The maximum Gasteiger partial charge on any atom is 0.0950 e. The highest BCUT2D eigenvalue weighted by Crippen LogP contribution is 2.60. The number of hydrogen-bond acceptors (Lipinski definition) is 2. The predicted molar refractivity (Wildman–Crippen MR) is 52.1 cm³/mol. The van der Waals surface area contributed by atoms with E-state index in [-0.39, 0.29) is 6.04 Å². The monoisotopic (exact) mass is 178 g/mol. The quantitative estimate of drug-likeness (QED) is 0.699. The number of rotatable bonds is 5. The molecule has 1 atom stereocenters. The number of nitrogens with one attached hydrogen (secondary N) is 1. The van der Waals surface area contributed by atoms with Gasteiger partial charge in [0.2, 0.25) is 0 Å². The highest BCUT2D eigenvalue weighted by Gasteiger charge is 2.53. The van der Waals surface area contributed by atoms with Gasteiger partial charge in [0.15, 0.2) is 0 Å². The normalized spacial score (nSPS) is 26.5. The van der Waals surface area contributed by atoms with Crippen LogP contribution in [-0.4, -0.2) is 12.6 Å². The molecule has 0 aromatic carbocycles. The summed E-state index contributed by atoms with van der Waals surface area (Å²) in [4.78, 5) is 0. The molecule has 2 heteroatoms. The molecule has 0 radical (unpaired) electrons. The Morgan fingerprint density at radius 2 is 2.23 bits per heavy atom. The van der Waals surface area contributed by atoms with Crippen molar-refractivity contribution in [3.8, 4) is 6.07 Å². The summed E-state index contributed by atoms with van der Waals surface area (Å²) in [6, 6.07) is 2.38. The minimum absolute atomic E-state index is 0.0798. The molecule has 0 aromatic heterocycles. The fraction of sp³-hybridized carbons (Fsp3) is 0.909. The van der Waals surface area contributed by atoms with E-state index < -0.39 is 0 Å². The summed E-state index contributed by atoms with van der Waals surface area (Å²) in [7, 11) is 0. The maximum absolute atomic E-state index is 8.78. The molecule has 72 valence electrons. The standard InChI is InChI=1S/C11H18N2/c1-2-10(7-12)13-8-11(5-6-11)9-3-4-9/h9-10,13H,2-6,8H2,1H3. The molecule has 0 spiro atoms. The molecule has 2 nitrogen and oxygen atoms in total. The van der Waals surface area contributed by atoms with Gasteiger partial charge in [0, 0.05) is 6.54 Å². The number of nitrogens with zero attached hydrogens (tertiary/aromatic N) is 1. The Morgan fingerprint density at radius 3 is 2.62 bits per heavy atom. The molecule has 13 heavy (non-hydrogen) atoms. The Kier molecular flexibility index (Phi) is 2.29. The third-order valence-electron chi connectivity index (χ3n) is 3.60. The van der Waals surface area contributed by atoms with Crippen LogP contribution in [0.1, 0.15) is 39.0 Å². The van der Waals surface area contributed by atoms with Crippen molar-refractivity contribution in [3.05, 3.63) is 0 Å². The molecule has 0 aliphatic heterocycles. The van der Waals surface area contributed by atoms with Gasteiger partial charge in [-0.1, -0.05) is 6.92 Å². The molecule has 2 aliphatic rings. The first-order valence-corrected chi connectivity index (χ1v) is 5.44. The molecule has 2 rings (SSSR count). The Balaban J connectivity index is 1.75. The first-order valence-electron chi connectivity index (χ1n) is 5.44. The van der Waals surface area contributed by atoms with Gasteiger partial charge in [-0.05, 0) is 43.4 Å². The van der Waals surface area contributed by atoms with Crippen LogP contribution < -0.4 is 5.32 Å². The largest absolute Gasteiger partial charge is 0.301 e. The van der Waals surface area contributed by atoms with E-state index in [0.29, 0.717) is 5.41 Å². The zero-order valence-electron chi connectivity index (χ0n) is 8.34. The van der Waals surface area contributed by atoms with E-state index in [1.54, 1.807) is 0 Å². The molecular weight excluding hydrogens is 160 g/mol. The fourth-order valence-corrected chi connectivity index (χ4v) is 2.19. The molecule has 2 aliphatic carbocycles. The third kappa shape index (κ3) is 1.86. The summed E-state index contributed by atoms with van der Waals surface area (Å²) < 4.78 is 0. The lowest BCUT2D eigenvalue weighted by atomic mass is 10.0. The zero-order chi connectivity index (χ0) is 9.31. The highest BCUT2D eigenvalue weighted by atomic mass is 14.9. The van der Waals surface area contributed by atoms with Crippen molar-refractivity contribution in [2.45, 2.75) is 45.1 Å². The SMILES string of the molecule is CCC(C#N)NCC1(C2CC2)CC1. The van der Waals surface area contributed by atoms with Crippen molar-refractivity contribution in [1.82, 2.24) is 5.32 Å². The summed E-state index contributed by atoms with van der Waals surface area (Å²) in [6.07, 6.45) is 6.59. The van der Waals surface area contributed by atoms with Crippen molar-refractivity contribution < 1.29 is 0 Å². The second-order valence-electron chi connectivity index (χ2n) is 4.61. The van der Waals surface area contributed by atoms with Crippen molar-refractivity contribution in [1.29, 1.82) is 5.26 Å². The fourth-order valence-electron chi connectivity index (χ4n) is 2.19. The van der Waals surface area contributed by atoms with Crippen LogP contribution in [0.3, 0.4) is 0 Å². The lowest BCUT2D eigenvalue weighted by Gasteiger charge is -2.17. The molecule has 2 fully saturated rings. The van der Waals surface area contributed by atoms with Gasteiger partial charge in [0.1, 0.15) is 0 Å². The highest BCUT2D eigenvalue weighted by molar-refractivity contribution is 5.06. The van der Waals surface area contributed by atoms with Crippen LogP contribution in [0.4, 0.5) is 0 Å². The Morgan fingerprint density at radius 1 is 1.54 bits per heavy atom. The lowest BCUT2D eigenvalue weighted by Crippen LogP contribution is -2.33. The van der Waals surface area contributed by atoms with Crippen molar-refractivity contribution in [3.63, 3.8) is 0 Å². The smallest absolute Gasteiger partial charge is 0.0950 e. The molecule has 0 heterocycles. The zero-order valence-corrected chi connectivity index (χ0v) is 8.34. The first-order chi connectivity index (χ1) is 6.30. The van der Waals surface area contributed by atoms with Crippen molar-refractivity contribution >= 4 is 0 Å². The van der Waals surface area contributed by atoms with Gasteiger partial charge >= 0.3 is 0 Å². The average molecular weight is 178 g/mol. The topological polar surface area (TPSA) is 35.8 Å². The predicted octanol–water partition coefficient (Wildman–Crippen LogP) is 2.07. The van der Waals surface area contributed by atoms with Gasteiger partial charge in [-0.15, -0.1) is 0 Å². The lowest BCUT2D eigenvalue weighted by molar-refractivity contribution is 0.388. The van der Waals surface area contributed by atoms with Crippen LogP contribution in [0.25, 0.3) is 0 Å². The van der Waals surface area contributed by atoms with Gasteiger partial charge < -0.3 is 5.32 Å². The minimum Gasteiger partial charge on any atom is -0.301 e. The first kappa shape index (κ1) is 9.02. The van der Waals surface area contributed by atoms with Crippen molar-refractivity contribution in [2.24, 2.45) is 11.3 Å². The van der Waals surface area contributed by atoms with E-state index in [1.165, 1.54) is 25.7 Å². The molecule has 0 bridgehead atoms. The summed E-state index contributed by atoms with van der Waals surface area (Å²) in [5.41, 5.74) is 0.629. The molecule has 2 saturated carbocycles. The number of nitriles is 1. The summed E-state index contributed by atoms with van der Waals surface area (Å²) in [5.74, 6) is 0.996. The van der Waals surface area contributed by atoms with Crippen LogP contribution in [0.2, 0.25) is 0 Å². The van der Waals surface area contributed by atoms with E-state index in [9.17, 15) is 0 Å². The molecule has 0 aromatic rings. The van der Waals surface area contributed by atoms with Crippen LogP contribution in [0.5, 0.6) is 0 Å². The van der Waals surface area contributed by atoms with E-state index in [2.05, 4.69) is 18.3 Å². The van der Waals surface area contributed by atoms with E-state index >= 15 is 0 Å². The Bertz CT molecular complexity index is 221. The van der Waals surface area contributed by atoms with Crippen LogP contribution in [-0.2, 0) is 0 Å². The second-order valence-corrected chi connectivity index (χ2v) is 4.61. The van der Waals surface area contributed by atoms with Crippen LogP contribution >= 0.6 is 0 Å². The van der Waals surface area contributed by atoms with Crippen molar-refractivity contribution in [2.75, 3.05) is 6.54 Å².